The molecule has 0 aliphatic carbocycles. The zero-order valence-corrected chi connectivity index (χ0v) is 27.9. The molecule has 9 heteroatoms. The van der Waals surface area contributed by atoms with Crippen LogP contribution in [0.4, 0.5) is 0 Å². The predicted molar refractivity (Wildman–Crippen MR) is 182 cm³/mol. The molecule has 0 bridgehead atoms. The highest BCUT2D eigenvalue weighted by Crippen LogP contribution is 2.34. The molecule has 260 valence electrons. The highest BCUT2D eigenvalue weighted by molar-refractivity contribution is 5.16. The Labute approximate surface area is 288 Å². The number of rotatable bonds is 14. The summed E-state index contributed by atoms with van der Waals surface area (Å²) in [6.45, 7) is 4.67. The molecule has 9 unspecified atom stereocenters. The van der Waals surface area contributed by atoms with E-state index in [1.54, 1.807) is 0 Å². The zero-order chi connectivity index (χ0) is 34.0. The maximum Gasteiger partial charge on any atom is 0.187 e. The van der Waals surface area contributed by atoms with Crippen LogP contribution in [0.5, 0.6) is 0 Å². The van der Waals surface area contributed by atoms with Gasteiger partial charge >= 0.3 is 0 Å². The lowest BCUT2D eigenvalue weighted by Crippen LogP contribution is -2.64. The molecule has 0 aromatic heterocycles. The molecule has 2 aliphatic rings. The van der Waals surface area contributed by atoms with E-state index in [-0.39, 0.29) is 19.8 Å². The molecular weight excluding hydrogens is 624 g/mol. The van der Waals surface area contributed by atoms with E-state index < -0.39 is 61.4 Å². The van der Waals surface area contributed by atoms with Crippen molar-refractivity contribution in [2.75, 3.05) is 0 Å². The zero-order valence-electron chi connectivity index (χ0n) is 27.9. The fraction of sp³-hybridized carbons (Fsp3) is 0.400. The highest BCUT2D eigenvalue weighted by Gasteiger charge is 2.52. The molecule has 2 saturated heterocycles. The molecule has 0 spiro atoms. The third kappa shape index (κ3) is 9.40. The smallest absolute Gasteiger partial charge is 0.187 e. The fourth-order valence-electron chi connectivity index (χ4n) is 6.29. The maximum atomic E-state index is 11.8. The van der Waals surface area contributed by atoms with Crippen LogP contribution in [0.1, 0.15) is 36.1 Å². The molecule has 2 aliphatic heterocycles. The summed E-state index contributed by atoms with van der Waals surface area (Å²) in [6.07, 6.45) is -8.71. The lowest BCUT2D eigenvalue weighted by atomic mass is 9.96. The van der Waals surface area contributed by atoms with Gasteiger partial charge in [0, 0.05) is 0 Å². The summed E-state index contributed by atoms with van der Waals surface area (Å²) in [4.78, 5) is 0. The van der Waals surface area contributed by atoms with Crippen LogP contribution < -0.4 is 0 Å². The molecule has 2 heterocycles. The summed E-state index contributed by atoms with van der Waals surface area (Å²) in [5, 5.41) is 23.1. The van der Waals surface area contributed by atoms with Crippen molar-refractivity contribution in [1.29, 1.82) is 0 Å². The van der Waals surface area contributed by atoms with Gasteiger partial charge in [0.1, 0.15) is 36.6 Å². The molecule has 2 fully saturated rings. The van der Waals surface area contributed by atoms with Crippen molar-refractivity contribution in [3.05, 3.63) is 144 Å². The van der Waals surface area contributed by atoms with Gasteiger partial charge in [-0.3, -0.25) is 0 Å². The van der Waals surface area contributed by atoms with Crippen molar-refractivity contribution >= 4 is 0 Å². The Morgan fingerprint density at radius 2 is 0.816 bits per heavy atom. The number of hydrogen-bond donors (Lipinski definition) is 2. The minimum Gasteiger partial charge on any atom is -0.387 e. The Hall–Kier alpha value is -3.48. The van der Waals surface area contributed by atoms with Crippen LogP contribution in [0.3, 0.4) is 0 Å². The van der Waals surface area contributed by atoms with E-state index in [1.807, 2.05) is 135 Å². The van der Waals surface area contributed by atoms with E-state index in [0.29, 0.717) is 6.61 Å². The maximum absolute atomic E-state index is 11.8. The number of aliphatic hydroxyl groups is 2. The van der Waals surface area contributed by atoms with Gasteiger partial charge in [0.15, 0.2) is 12.6 Å². The largest absolute Gasteiger partial charge is 0.387 e. The highest BCUT2D eigenvalue weighted by atomic mass is 16.7. The molecular formula is C40H46O9. The fourth-order valence-corrected chi connectivity index (χ4v) is 6.29. The van der Waals surface area contributed by atoms with Crippen molar-refractivity contribution in [1.82, 2.24) is 0 Å². The van der Waals surface area contributed by atoms with Gasteiger partial charge in [0.25, 0.3) is 0 Å². The Balaban J connectivity index is 1.26. The van der Waals surface area contributed by atoms with Crippen LogP contribution >= 0.6 is 0 Å². The first-order chi connectivity index (χ1) is 24.0. The van der Waals surface area contributed by atoms with Crippen LogP contribution in [0, 0.1) is 0 Å². The summed E-state index contributed by atoms with van der Waals surface area (Å²) in [5.74, 6) is 0. The van der Waals surface area contributed by atoms with Crippen LogP contribution in [0.2, 0.25) is 0 Å². The second kappa shape index (κ2) is 17.4. The van der Waals surface area contributed by atoms with Gasteiger partial charge < -0.3 is 43.4 Å². The number of aliphatic hydroxyl groups excluding tert-OH is 2. The molecule has 9 nitrogen and oxygen atoms in total. The monoisotopic (exact) mass is 670 g/mol. The van der Waals surface area contributed by atoms with Gasteiger partial charge in [-0.2, -0.15) is 0 Å². The lowest BCUT2D eigenvalue weighted by Gasteiger charge is -2.48. The molecule has 0 amide bonds. The molecule has 4 aromatic rings. The predicted octanol–water partition coefficient (Wildman–Crippen LogP) is 5.56. The SMILES string of the molecule is CC1OC(O)C(OCc2ccccc2)C(OC2O[C@@H](C)C(OCc3ccccc3)C(O)C2OCc2ccccc2)C1OCc1ccccc1. The van der Waals surface area contributed by atoms with E-state index in [4.69, 9.17) is 33.2 Å². The Morgan fingerprint density at radius 1 is 0.449 bits per heavy atom. The van der Waals surface area contributed by atoms with Gasteiger partial charge in [-0.15, -0.1) is 0 Å². The molecule has 0 saturated carbocycles. The summed E-state index contributed by atoms with van der Waals surface area (Å²) in [7, 11) is 0. The first-order valence-corrected chi connectivity index (χ1v) is 16.9. The molecule has 6 rings (SSSR count). The Morgan fingerprint density at radius 3 is 1.27 bits per heavy atom. The Bertz CT molecular complexity index is 1450. The second-order valence-corrected chi connectivity index (χ2v) is 12.6. The molecule has 0 radical (unpaired) electrons. The number of ether oxygens (including phenoxy) is 7. The van der Waals surface area contributed by atoms with Crippen LogP contribution in [0.15, 0.2) is 121 Å². The van der Waals surface area contributed by atoms with Gasteiger partial charge in [-0.25, -0.2) is 0 Å². The van der Waals surface area contributed by atoms with Crippen molar-refractivity contribution < 1.29 is 43.4 Å². The molecule has 10 atom stereocenters. The van der Waals surface area contributed by atoms with E-state index >= 15 is 0 Å². The van der Waals surface area contributed by atoms with E-state index in [9.17, 15) is 10.2 Å². The molecule has 4 aromatic carbocycles. The summed E-state index contributed by atoms with van der Waals surface area (Å²) in [5.41, 5.74) is 3.80. The van der Waals surface area contributed by atoms with Crippen molar-refractivity contribution in [3.63, 3.8) is 0 Å². The van der Waals surface area contributed by atoms with Gasteiger partial charge in [0.05, 0.1) is 38.6 Å². The van der Waals surface area contributed by atoms with Crippen molar-refractivity contribution in [2.24, 2.45) is 0 Å². The third-order valence-electron chi connectivity index (χ3n) is 8.93. The normalized spacial score (nSPS) is 30.2. The van der Waals surface area contributed by atoms with Crippen LogP contribution in [0.25, 0.3) is 0 Å². The average molecular weight is 671 g/mol. The minimum atomic E-state index is -1.31. The lowest BCUT2D eigenvalue weighted by molar-refractivity contribution is -0.365. The van der Waals surface area contributed by atoms with Crippen molar-refractivity contribution in [3.8, 4) is 0 Å². The standard InChI is InChI=1S/C40H46O9/c1-27-34(43-23-29-15-7-3-8-16-29)33(41)36(45-25-31-19-11-5-12-20-31)40(48-27)49-37-35(44-24-30-17-9-4-10-18-30)28(2)47-39(42)38(37)46-26-32-21-13-6-14-22-32/h3-22,27-28,33-42H,23-26H2,1-2H3/t27-,28?,33?,34?,35?,36?,37?,38?,39?,40?/m0/s1. The van der Waals surface area contributed by atoms with Crippen molar-refractivity contribution in [2.45, 2.75) is 102 Å². The third-order valence-corrected chi connectivity index (χ3v) is 8.93. The second-order valence-electron chi connectivity index (χ2n) is 12.6. The van der Waals surface area contributed by atoms with Gasteiger partial charge in [-0.1, -0.05) is 121 Å². The first-order valence-electron chi connectivity index (χ1n) is 16.9. The quantitative estimate of drug-likeness (QED) is 0.179. The summed E-state index contributed by atoms with van der Waals surface area (Å²) < 4.78 is 44.7. The topological polar surface area (TPSA) is 105 Å². The van der Waals surface area contributed by atoms with Gasteiger partial charge in [-0.05, 0) is 36.1 Å². The Kier molecular flexibility index (Phi) is 12.6. The van der Waals surface area contributed by atoms with Crippen LogP contribution in [-0.4, -0.2) is 71.6 Å². The molecule has 2 N–H and O–H groups in total. The van der Waals surface area contributed by atoms with E-state index in [2.05, 4.69) is 0 Å². The summed E-state index contributed by atoms with van der Waals surface area (Å²) >= 11 is 0. The summed E-state index contributed by atoms with van der Waals surface area (Å²) in [6, 6.07) is 39.0. The number of benzene rings is 4. The van der Waals surface area contributed by atoms with E-state index in [1.165, 1.54) is 0 Å². The minimum absolute atomic E-state index is 0.208. The first kappa shape index (κ1) is 35.3. The van der Waals surface area contributed by atoms with Crippen LogP contribution in [-0.2, 0) is 59.6 Å². The number of hydrogen-bond acceptors (Lipinski definition) is 9. The van der Waals surface area contributed by atoms with E-state index in [0.717, 1.165) is 22.3 Å². The van der Waals surface area contributed by atoms with Gasteiger partial charge in [0.2, 0.25) is 0 Å². The molecule has 49 heavy (non-hydrogen) atoms. The average Bonchev–Trinajstić information content (AvgIpc) is 3.12.